The zero-order chi connectivity index (χ0) is 14.2. The van der Waals surface area contributed by atoms with E-state index in [1.54, 1.807) is 0 Å². The highest BCUT2D eigenvalue weighted by atomic mass is 16.3. The van der Waals surface area contributed by atoms with Crippen molar-refractivity contribution in [2.45, 2.75) is 44.8 Å². The molecule has 20 heavy (non-hydrogen) atoms. The molecular formula is C14H22N4O2. The fraction of sp³-hybridized carbons (Fsp3) is 0.714. The summed E-state index contributed by atoms with van der Waals surface area (Å²) in [5, 5.41) is 13.3. The molecule has 0 saturated carbocycles. The summed E-state index contributed by atoms with van der Waals surface area (Å²) < 4.78 is 2.00. The summed E-state index contributed by atoms with van der Waals surface area (Å²) in [6.07, 6.45) is 5.11. The molecule has 1 atom stereocenters. The summed E-state index contributed by atoms with van der Waals surface area (Å²) in [7, 11) is 0. The summed E-state index contributed by atoms with van der Waals surface area (Å²) >= 11 is 0. The van der Waals surface area contributed by atoms with E-state index in [2.05, 4.69) is 10.3 Å². The number of carbonyl (C=O) groups excluding carboxylic acids is 1. The van der Waals surface area contributed by atoms with Gasteiger partial charge >= 0.3 is 0 Å². The van der Waals surface area contributed by atoms with Gasteiger partial charge in [0.1, 0.15) is 5.69 Å². The van der Waals surface area contributed by atoms with Crippen LogP contribution in [0.3, 0.4) is 0 Å². The quantitative estimate of drug-likeness (QED) is 0.806. The number of carbonyl (C=O) groups is 1. The lowest BCUT2D eigenvalue weighted by Gasteiger charge is -2.21. The molecule has 0 bridgehead atoms. The third kappa shape index (κ3) is 2.65. The minimum absolute atomic E-state index is 0.0219. The highest BCUT2D eigenvalue weighted by Gasteiger charge is 2.28. The number of fused-ring (bicyclic) bond motifs is 1. The van der Waals surface area contributed by atoms with Gasteiger partial charge in [-0.05, 0) is 32.6 Å². The fourth-order valence-corrected chi connectivity index (χ4v) is 2.91. The molecular weight excluding hydrogens is 256 g/mol. The van der Waals surface area contributed by atoms with Gasteiger partial charge in [-0.2, -0.15) is 0 Å². The molecule has 6 heteroatoms. The highest BCUT2D eigenvalue weighted by Crippen LogP contribution is 2.23. The van der Waals surface area contributed by atoms with Crippen molar-refractivity contribution < 1.29 is 9.90 Å². The Morgan fingerprint density at radius 3 is 3.00 bits per heavy atom. The average Bonchev–Trinajstić information content (AvgIpc) is 2.77. The van der Waals surface area contributed by atoms with Crippen LogP contribution in [0.1, 0.15) is 43.1 Å². The molecule has 0 aromatic carbocycles. The number of aromatic nitrogens is 2. The molecule has 110 valence electrons. The van der Waals surface area contributed by atoms with E-state index in [9.17, 15) is 9.90 Å². The van der Waals surface area contributed by atoms with Crippen LogP contribution in [-0.4, -0.2) is 50.7 Å². The third-order valence-electron chi connectivity index (χ3n) is 4.21. The number of anilines is 1. The molecule has 1 fully saturated rings. The molecule has 1 amide bonds. The maximum atomic E-state index is 12.5. The number of nitrogens with zero attached hydrogens (tertiary/aromatic N) is 3. The topological polar surface area (TPSA) is 70.4 Å². The average molecular weight is 278 g/mol. The Morgan fingerprint density at radius 1 is 1.35 bits per heavy atom. The van der Waals surface area contributed by atoms with Crippen LogP contribution in [-0.2, 0) is 6.54 Å². The lowest BCUT2D eigenvalue weighted by Crippen LogP contribution is -2.33. The van der Waals surface area contributed by atoms with Gasteiger partial charge in [0.05, 0.1) is 5.60 Å². The molecule has 0 spiro atoms. The van der Waals surface area contributed by atoms with Crippen molar-refractivity contribution in [2.24, 2.45) is 0 Å². The number of aryl methyl sites for hydroxylation is 1. The van der Waals surface area contributed by atoms with E-state index in [4.69, 9.17) is 0 Å². The normalized spacial score (nSPS) is 26.6. The van der Waals surface area contributed by atoms with Crippen molar-refractivity contribution in [1.82, 2.24) is 14.5 Å². The lowest BCUT2D eigenvalue weighted by atomic mass is 9.98. The van der Waals surface area contributed by atoms with E-state index in [0.29, 0.717) is 25.2 Å². The van der Waals surface area contributed by atoms with Gasteiger partial charge in [0.15, 0.2) is 0 Å². The van der Waals surface area contributed by atoms with Gasteiger partial charge in [0.2, 0.25) is 5.95 Å². The number of nitrogens with one attached hydrogen (secondary N) is 1. The minimum atomic E-state index is -0.649. The van der Waals surface area contributed by atoms with Gasteiger partial charge in [0.25, 0.3) is 5.91 Å². The van der Waals surface area contributed by atoms with Crippen LogP contribution in [0.15, 0.2) is 6.20 Å². The molecule has 3 heterocycles. The zero-order valence-corrected chi connectivity index (χ0v) is 11.9. The Labute approximate surface area is 118 Å². The summed E-state index contributed by atoms with van der Waals surface area (Å²) in [5.74, 6) is 0.771. The van der Waals surface area contributed by atoms with E-state index >= 15 is 0 Å². The van der Waals surface area contributed by atoms with Crippen LogP contribution in [0, 0.1) is 0 Å². The Bertz CT molecular complexity index is 486. The van der Waals surface area contributed by atoms with Gasteiger partial charge in [-0.15, -0.1) is 0 Å². The smallest absolute Gasteiger partial charge is 0.274 e. The van der Waals surface area contributed by atoms with Crippen molar-refractivity contribution in [3.63, 3.8) is 0 Å². The van der Waals surface area contributed by atoms with Crippen molar-refractivity contribution in [2.75, 3.05) is 25.0 Å². The number of hydrogen-bond acceptors (Lipinski definition) is 4. The summed E-state index contributed by atoms with van der Waals surface area (Å²) in [5.41, 5.74) is -0.139. The first kappa shape index (κ1) is 13.4. The highest BCUT2D eigenvalue weighted by molar-refractivity contribution is 5.92. The first-order valence-corrected chi connectivity index (χ1v) is 7.38. The second-order valence-electron chi connectivity index (χ2n) is 6.07. The molecule has 1 aromatic rings. The first-order valence-electron chi connectivity index (χ1n) is 7.38. The van der Waals surface area contributed by atoms with Crippen molar-refractivity contribution in [3.8, 4) is 0 Å². The van der Waals surface area contributed by atoms with E-state index in [-0.39, 0.29) is 5.91 Å². The fourth-order valence-electron chi connectivity index (χ4n) is 2.91. The second-order valence-corrected chi connectivity index (χ2v) is 6.07. The standard InChI is InChI=1S/C14H22N4O2/c1-14(20)4-2-7-17(9-5-14)12(19)11-10-18-8-3-6-15-13(18)16-11/h10,20H,2-9H2,1H3,(H,15,16). The summed E-state index contributed by atoms with van der Waals surface area (Å²) in [6, 6.07) is 0. The molecule has 3 rings (SSSR count). The Kier molecular flexibility index (Phi) is 3.41. The number of hydrogen-bond donors (Lipinski definition) is 2. The van der Waals surface area contributed by atoms with Crippen LogP contribution in [0.2, 0.25) is 0 Å². The van der Waals surface area contributed by atoms with E-state index in [1.165, 1.54) is 0 Å². The Morgan fingerprint density at radius 2 is 2.20 bits per heavy atom. The molecule has 2 aliphatic rings. The molecule has 2 N–H and O–H groups in total. The maximum absolute atomic E-state index is 12.5. The summed E-state index contributed by atoms with van der Waals surface area (Å²) in [6.45, 7) is 4.97. The van der Waals surface area contributed by atoms with Gasteiger partial charge in [0, 0.05) is 32.4 Å². The Balaban J connectivity index is 1.73. The monoisotopic (exact) mass is 278 g/mol. The van der Waals surface area contributed by atoms with E-state index in [1.807, 2.05) is 22.6 Å². The lowest BCUT2D eigenvalue weighted by molar-refractivity contribution is 0.0437. The number of amides is 1. The molecule has 0 radical (unpaired) electrons. The molecule has 1 unspecified atom stereocenters. The van der Waals surface area contributed by atoms with Gasteiger partial charge in [-0.1, -0.05) is 0 Å². The predicted molar refractivity (Wildman–Crippen MR) is 75.7 cm³/mol. The van der Waals surface area contributed by atoms with Crippen LogP contribution >= 0.6 is 0 Å². The number of rotatable bonds is 1. The molecule has 0 aliphatic carbocycles. The molecule has 1 aromatic heterocycles. The van der Waals surface area contributed by atoms with Gasteiger partial charge in [-0.25, -0.2) is 4.98 Å². The summed E-state index contributed by atoms with van der Waals surface area (Å²) in [4.78, 5) is 18.7. The van der Waals surface area contributed by atoms with Gasteiger partial charge < -0.3 is 19.9 Å². The van der Waals surface area contributed by atoms with Gasteiger partial charge in [-0.3, -0.25) is 4.79 Å². The van der Waals surface area contributed by atoms with Crippen LogP contribution in [0.25, 0.3) is 0 Å². The van der Waals surface area contributed by atoms with Crippen LogP contribution in [0.4, 0.5) is 5.95 Å². The third-order valence-corrected chi connectivity index (χ3v) is 4.21. The van der Waals surface area contributed by atoms with Crippen molar-refractivity contribution in [3.05, 3.63) is 11.9 Å². The maximum Gasteiger partial charge on any atom is 0.274 e. The number of likely N-dealkylation sites (tertiary alicyclic amines) is 1. The largest absolute Gasteiger partial charge is 0.390 e. The van der Waals surface area contributed by atoms with Crippen molar-refractivity contribution >= 4 is 11.9 Å². The SMILES string of the molecule is CC1(O)CCCN(C(=O)c2cn3c(n2)NCCC3)CC1. The van der Waals surface area contributed by atoms with Crippen LogP contribution < -0.4 is 5.32 Å². The second kappa shape index (κ2) is 5.09. The minimum Gasteiger partial charge on any atom is -0.390 e. The van der Waals surface area contributed by atoms with E-state index in [0.717, 1.165) is 38.3 Å². The van der Waals surface area contributed by atoms with E-state index < -0.39 is 5.60 Å². The molecule has 2 aliphatic heterocycles. The Hall–Kier alpha value is -1.56. The molecule has 6 nitrogen and oxygen atoms in total. The number of imidazole rings is 1. The van der Waals surface area contributed by atoms with Crippen molar-refractivity contribution in [1.29, 1.82) is 0 Å². The molecule has 1 saturated heterocycles. The first-order chi connectivity index (χ1) is 9.55. The number of aliphatic hydroxyl groups is 1. The zero-order valence-electron chi connectivity index (χ0n) is 11.9. The predicted octanol–water partition coefficient (Wildman–Crippen LogP) is 1.08. The van der Waals surface area contributed by atoms with Crippen LogP contribution in [0.5, 0.6) is 0 Å².